The van der Waals surface area contributed by atoms with Crippen molar-refractivity contribution in [2.45, 2.75) is 31.3 Å². The minimum absolute atomic E-state index is 0.0683. The molecule has 0 aliphatic heterocycles. The second-order valence-electron chi connectivity index (χ2n) is 8.25. The van der Waals surface area contributed by atoms with Gasteiger partial charge < -0.3 is 10.2 Å². The molecule has 0 bridgehead atoms. The number of halogens is 2. The fourth-order valence-corrected chi connectivity index (χ4v) is 5.86. The maximum atomic E-state index is 13.7. The molecular weight excluding hydrogens is 610 g/mol. The van der Waals surface area contributed by atoms with Crippen molar-refractivity contribution < 1.29 is 18.0 Å². The number of aryl methyl sites for hydroxylation is 1. The van der Waals surface area contributed by atoms with Gasteiger partial charge in [0.1, 0.15) is 12.6 Å². The number of nitrogens with zero attached hydrogens (tertiary/aromatic N) is 2. The summed E-state index contributed by atoms with van der Waals surface area (Å²) in [6.45, 7) is 3.13. The van der Waals surface area contributed by atoms with Gasteiger partial charge in [0.05, 0.1) is 10.6 Å². The van der Waals surface area contributed by atoms with Crippen LogP contribution >= 0.6 is 31.9 Å². The van der Waals surface area contributed by atoms with Crippen molar-refractivity contribution in [1.29, 1.82) is 0 Å². The zero-order valence-corrected chi connectivity index (χ0v) is 24.1. The summed E-state index contributed by atoms with van der Waals surface area (Å²) in [5.41, 5.74) is 2.04. The van der Waals surface area contributed by atoms with E-state index in [1.54, 1.807) is 43.3 Å². The average Bonchev–Trinajstić information content (AvgIpc) is 2.85. The molecule has 1 atom stereocenters. The molecule has 2 amide bonds. The number of likely N-dealkylation sites (N-methyl/N-ethyl adjacent to an activating group) is 1. The van der Waals surface area contributed by atoms with Crippen molar-refractivity contribution in [3.63, 3.8) is 0 Å². The summed E-state index contributed by atoms with van der Waals surface area (Å²) in [6.07, 6.45) is 0. The zero-order valence-electron chi connectivity index (χ0n) is 20.1. The third-order valence-corrected chi connectivity index (χ3v) is 8.41. The average molecular weight is 637 g/mol. The summed E-state index contributed by atoms with van der Waals surface area (Å²) < 4.78 is 30.0. The molecule has 0 fully saturated rings. The highest BCUT2D eigenvalue weighted by atomic mass is 79.9. The molecule has 0 aliphatic carbocycles. The molecule has 0 aromatic heterocycles. The predicted octanol–water partition coefficient (Wildman–Crippen LogP) is 4.88. The first-order chi connectivity index (χ1) is 17.0. The Hall–Kier alpha value is -2.69. The topological polar surface area (TPSA) is 86.8 Å². The van der Waals surface area contributed by atoms with Crippen LogP contribution in [0.25, 0.3) is 0 Å². The fourth-order valence-electron chi connectivity index (χ4n) is 3.62. The Labute approximate surface area is 228 Å². The molecule has 3 aromatic carbocycles. The molecule has 0 saturated carbocycles. The van der Waals surface area contributed by atoms with Gasteiger partial charge in [-0.3, -0.25) is 13.9 Å². The van der Waals surface area contributed by atoms with E-state index in [-0.39, 0.29) is 17.3 Å². The van der Waals surface area contributed by atoms with Crippen LogP contribution < -0.4 is 9.62 Å². The van der Waals surface area contributed by atoms with Gasteiger partial charge >= 0.3 is 0 Å². The largest absolute Gasteiger partial charge is 0.357 e. The van der Waals surface area contributed by atoms with Gasteiger partial charge in [-0.1, -0.05) is 67.8 Å². The van der Waals surface area contributed by atoms with Crippen LogP contribution in [-0.4, -0.2) is 44.8 Å². The monoisotopic (exact) mass is 635 g/mol. The molecule has 3 aromatic rings. The summed E-state index contributed by atoms with van der Waals surface area (Å²) in [5.74, 6) is -0.865. The molecule has 0 aliphatic rings. The van der Waals surface area contributed by atoms with Gasteiger partial charge in [0, 0.05) is 22.5 Å². The Morgan fingerprint density at radius 1 is 0.944 bits per heavy atom. The van der Waals surface area contributed by atoms with Gasteiger partial charge in [0.15, 0.2) is 0 Å². The lowest BCUT2D eigenvalue weighted by atomic mass is 10.1. The van der Waals surface area contributed by atoms with Crippen LogP contribution in [0.2, 0.25) is 0 Å². The van der Waals surface area contributed by atoms with Gasteiger partial charge in [-0.15, -0.1) is 0 Å². The highest BCUT2D eigenvalue weighted by Gasteiger charge is 2.32. The quantitative estimate of drug-likeness (QED) is 0.363. The molecule has 0 saturated heterocycles. The molecule has 1 N–H and O–H groups in total. The van der Waals surface area contributed by atoms with Crippen LogP contribution in [0.3, 0.4) is 0 Å². The number of carbonyl (C=O) groups is 2. The number of rotatable bonds is 9. The van der Waals surface area contributed by atoms with Gasteiger partial charge in [-0.05, 0) is 61.9 Å². The van der Waals surface area contributed by atoms with Crippen molar-refractivity contribution in [2.24, 2.45) is 0 Å². The second kappa shape index (κ2) is 12.0. The zero-order chi connectivity index (χ0) is 26.5. The van der Waals surface area contributed by atoms with Crippen molar-refractivity contribution in [3.8, 4) is 0 Å². The number of amides is 2. The second-order valence-corrected chi connectivity index (χ2v) is 11.9. The maximum absolute atomic E-state index is 13.7. The molecule has 190 valence electrons. The number of anilines is 1. The lowest BCUT2D eigenvalue weighted by Crippen LogP contribution is -2.50. The van der Waals surface area contributed by atoms with Gasteiger partial charge in [-0.2, -0.15) is 0 Å². The van der Waals surface area contributed by atoms with Crippen molar-refractivity contribution in [3.05, 3.63) is 92.9 Å². The van der Waals surface area contributed by atoms with Crippen LogP contribution in [0.1, 0.15) is 18.1 Å². The Morgan fingerprint density at radius 3 is 2.14 bits per heavy atom. The molecule has 0 unspecified atom stereocenters. The van der Waals surface area contributed by atoms with Crippen molar-refractivity contribution in [2.75, 3.05) is 17.9 Å². The predicted molar refractivity (Wildman–Crippen MR) is 148 cm³/mol. The van der Waals surface area contributed by atoms with Crippen LogP contribution in [0.5, 0.6) is 0 Å². The fraction of sp³-hybridized carbons (Fsp3) is 0.231. The van der Waals surface area contributed by atoms with E-state index in [4.69, 9.17) is 0 Å². The first-order valence-electron chi connectivity index (χ1n) is 11.1. The van der Waals surface area contributed by atoms with E-state index < -0.39 is 28.5 Å². The number of benzene rings is 3. The molecule has 3 rings (SSSR count). The van der Waals surface area contributed by atoms with Crippen LogP contribution in [0.15, 0.2) is 86.6 Å². The standard InChI is InChI=1S/C26H27Br2N3O4S/c1-18-10-12-24(13-11-18)36(34,35)31(23-9-5-8-22(28)15-23)17-25(32)30(19(2)26(33)29-3)16-20-6-4-7-21(27)14-20/h4-15,19H,16-17H2,1-3H3,(H,29,33)/t19-/m0/s1. The van der Waals surface area contributed by atoms with Crippen LogP contribution in [0, 0.1) is 6.92 Å². The van der Waals surface area contributed by atoms with Crippen LogP contribution in [0.4, 0.5) is 5.69 Å². The van der Waals surface area contributed by atoms with Crippen molar-refractivity contribution >= 4 is 59.4 Å². The Kier molecular flexibility index (Phi) is 9.32. The highest BCUT2D eigenvalue weighted by Crippen LogP contribution is 2.27. The molecule has 10 heteroatoms. The summed E-state index contributed by atoms with van der Waals surface area (Å²) in [6, 6.07) is 19.8. The summed E-state index contributed by atoms with van der Waals surface area (Å²) >= 11 is 6.82. The normalized spacial score (nSPS) is 12.0. The third-order valence-electron chi connectivity index (χ3n) is 5.64. The minimum atomic E-state index is -4.09. The number of carbonyl (C=O) groups excluding carboxylic acids is 2. The Balaban J connectivity index is 2.03. The van der Waals surface area contributed by atoms with Crippen LogP contribution in [-0.2, 0) is 26.2 Å². The van der Waals surface area contributed by atoms with Gasteiger partial charge in [0.25, 0.3) is 10.0 Å². The smallest absolute Gasteiger partial charge is 0.264 e. The molecular formula is C26H27Br2N3O4S. The summed E-state index contributed by atoms with van der Waals surface area (Å²) in [4.78, 5) is 27.7. The lowest BCUT2D eigenvalue weighted by molar-refractivity contribution is -0.139. The van der Waals surface area contributed by atoms with E-state index in [0.29, 0.717) is 10.2 Å². The minimum Gasteiger partial charge on any atom is -0.357 e. The summed E-state index contributed by atoms with van der Waals surface area (Å²) in [5, 5.41) is 2.57. The van der Waals surface area contributed by atoms with E-state index in [9.17, 15) is 18.0 Å². The van der Waals surface area contributed by atoms with E-state index in [1.165, 1.54) is 24.1 Å². The Bertz CT molecular complexity index is 1350. The number of hydrogen-bond donors (Lipinski definition) is 1. The SMILES string of the molecule is CNC(=O)[C@H](C)N(Cc1cccc(Br)c1)C(=O)CN(c1cccc(Br)c1)S(=O)(=O)c1ccc(C)cc1. The number of nitrogens with one attached hydrogen (secondary N) is 1. The molecule has 0 spiro atoms. The maximum Gasteiger partial charge on any atom is 0.264 e. The van der Waals surface area contributed by atoms with E-state index >= 15 is 0 Å². The lowest BCUT2D eigenvalue weighted by Gasteiger charge is -2.32. The summed E-state index contributed by atoms with van der Waals surface area (Å²) in [7, 11) is -2.59. The first kappa shape index (κ1) is 27.9. The Morgan fingerprint density at radius 2 is 1.56 bits per heavy atom. The van der Waals surface area contributed by atoms with Gasteiger partial charge in [-0.25, -0.2) is 8.42 Å². The molecule has 0 radical (unpaired) electrons. The first-order valence-corrected chi connectivity index (χ1v) is 14.2. The van der Waals surface area contributed by atoms with E-state index in [2.05, 4.69) is 37.2 Å². The number of sulfonamides is 1. The molecule has 7 nitrogen and oxygen atoms in total. The molecule has 36 heavy (non-hydrogen) atoms. The van der Waals surface area contributed by atoms with Gasteiger partial charge in [0.2, 0.25) is 11.8 Å². The number of hydrogen-bond acceptors (Lipinski definition) is 4. The van der Waals surface area contributed by atoms with E-state index in [0.717, 1.165) is 19.9 Å². The molecule has 0 heterocycles. The van der Waals surface area contributed by atoms with Crippen molar-refractivity contribution in [1.82, 2.24) is 10.2 Å². The van der Waals surface area contributed by atoms with E-state index in [1.807, 2.05) is 31.2 Å². The highest BCUT2D eigenvalue weighted by molar-refractivity contribution is 9.10. The third kappa shape index (κ3) is 6.74.